The maximum absolute atomic E-state index is 11.9. The van der Waals surface area contributed by atoms with Gasteiger partial charge in [-0.25, -0.2) is 0 Å². The molecule has 0 atom stereocenters. The minimum absolute atomic E-state index is 0.115. The van der Waals surface area contributed by atoms with Gasteiger partial charge in [-0.1, -0.05) is 145 Å². The van der Waals surface area contributed by atoms with E-state index in [4.69, 9.17) is 0 Å². The van der Waals surface area contributed by atoms with Crippen molar-refractivity contribution in [3.63, 3.8) is 0 Å². The lowest BCUT2D eigenvalue weighted by Crippen LogP contribution is -2.66. The predicted octanol–water partition coefficient (Wildman–Crippen LogP) is 6.58. The molecule has 0 amide bonds. The standard InChI is InChI=1S/C22H24B.C13H11BrNO/c1-2-3-19-23(20-13-7-4-8-14-20,21-15-9-5-10-16-21)22-17-11-6-12-18-22;14-12-6-4-11(5-7-12)13(16)10-15-8-2-1-3-9-15/h4-18H,2-3,19H2,1H3;1-9H,10H2/q-1;+1. The number of hydrogen-bond donors (Lipinski definition) is 0. The molecule has 39 heavy (non-hydrogen) atoms. The summed E-state index contributed by atoms with van der Waals surface area (Å²) in [6, 6.07) is 46.3. The number of carbonyl (C=O) groups is 1. The van der Waals surface area contributed by atoms with Crippen LogP contribution in [0.2, 0.25) is 6.32 Å². The Morgan fingerprint density at radius 3 is 1.51 bits per heavy atom. The molecule has 1 heterocycles. The third-order valence-corrected chi connectivity index (χ3v) is 7.89. The third-order valence-electron chi connectivity index (χ3n) is 7.37. The van der Waals surface area contributed by atoms with Gasteiger partial charge in [0.05, 0.1) is 6.15 Å². The number of pyridine rings is 1. The van der Waals surface area contributed by atoms with E-state index in [1.807, 2.05) is 59.4 Å². The molecule has 0 aliphatic rings. The lowest BCUT2D eigenvalue weighted by atomic mass is 9.14. The Hall–Kier alpha value is -3.76. The van der Waals surface area contributed by atoms with Crippen LogP contribution < -0.4 is 21.0 Å². The maximum atomic E-state index is 11.9. The van der Waals surface area contributed by atoms with Gasteiger partial charge in [-0.3, -0.25) is 4.79 Å². The highest BCUT2D eigenvalue weighted by Crippen LogP contribution is 2.16. The summed E-state index contributed by atoms with van der Waals surface area (Å²) >= 11 is 3.34. The minimum Gasteiger partial charge on any atom is -0.287 e. The smallest absolute Gasteiger partial charge is 0.227 e. The van der Waals surface area contributed by atoms with E-state index in [2.05, 4.69) is 114 Å². The van der Waals surface area contributed by atoms with Crippen molar-refractivity contribution in [1.82, 2.24) is 0 Å². The molecule has 0 saturated heterocycles. The molecule has 0 aliphatic carbocycles. The number of benzene rings is 4. The Labute approximate surface area is 241 Å². The molecule has 4 aromatic carbocycles. The summed E-state index contributed by atoms with van der Waals surface area (Å²) < 4.78 is 2.85. The van der Waals surface area contributed by atoms with Gasteiger partial charge in [-0.2, -0.15) is 27.3 Å². The molecule has 196 valence electrons. The van der Waals surface area contributed by atoms with Gasteiger partial charge in [0, 0.05) is 22.2 Å². The van der Waals surface area contributed by atoms with Crippen LogP contribution in [0.4, 0.5) is 0 Å². The SMILES string of the molecule is CCCC[B-](c1ccccc1)(c1ccccc1)c1ccccc1.O=C(C[n+]1ccccc1)c1ccc(Br)cc1. The molecule has 5 rings (SSSR count). The van der Waals surface area contributed by atoms with Crippen molar-refractivity contribution in [2.45, 2.75) is 32.6 Å². The van der Waals surface area contributed by atoms with Crippen molar-refractivity contribution in [3.8, 4) is 0 Å². The quantitative estimate of drug-likeness (QED) is 0.110. The van der Waals surface area contributed by atoms with Crippen molar-refractivity contribution in [2.24, 2.45) is 0 Å². The highest BCUT2D eigenvalue weighted by Gasteiger charge is 2.28. The summed E-state index contributed by atoms with van der Waals surface area (Å²) in [5, 5.41) is 0. The second-order valence-corrected chi connectivity index (χ2v) is 10.8. The van der Waals surface area contributed by atoms with E-state index in [1.54, 1.807) is 0 Å². The summed E-state index contributed by atoms with van der Waals surface area (Å²) in [5.74, 6) is 0.115. The molecule has 0 spiro atoms. The molecule has 0 fully saturated rings. The summed E-state index contributed by atoms with van der Waals surface area (Å²) in [6.45, 7) is 2.66. The zero-order valence-electron chi connectivity index (χ0n) is 22.5. The van der Waals surface area contributed by atoms with Crippen LogP contribution in [-0.4, -0.2) is 11.9 Å². The number of aromatic nitrogens is 1. The van der Waals surface area contributed by atoms with Gasteiger partial charge in [0.1, 0.15) is 0 Å². The van der Waals surface area contributed by atoms with Crippen LogP contribution in [0.25, 0.3) is 0 Å². The average Bonchev–Trinajstić information content (AvgIpc) is 3.00. The fourth-order valence-corrected chi connectivity index (χ4v) is 5.63. The largest absolute Gasteiger partial charge is 0.287 e. The van der Waals surface area contributed by atoms with Gasteiger partial charge in [-0.05, 0) is 12.1 Å². The molecule has 0 radical (unpaired) electrons. The lowest BCUT2D eigenvalue weighted by molar-refractivity contribution is -0.683. The first-order valence-corrected chi connectivity index (χ1v) is 14.5. The van der Waals surface area contributed by atoms with E-state index >= 15 is 0 Å². The summed E-state index contributed by atoms with van der Waals surface area (Å²) in [4.78, 5) is 11.9. The van der Waals surface area contributed by atoms with Gasteiger partial charge in [0.15, 0.2) is 12.4 Å². The molecule has 0 saturated carbocycles. The molecule has 2 nitrogen and oxygen atoms in total. The molecule has 5 aromatic rings. The van der Waals surface area contributed by atoms with Crippen molar-refractivity contribution >= 4 is 44.2 Å². The Morgan fingerprint density at radius 1 is 0.641 bits per heavy atom. The van der Waals surface area contributed by atoms with E-state index in [0.29, 0.717) is 6.54 Å². The first-order chi connectivity index (χ1) is 19.1. The molecule has 0 unspecified atom stereocenters. The summed E-state index contributed by atoms with van der Waals surface area (Å²) in [6.07, 6.45) is 6.50. The number of unbranched alkanes of at least 4 members (excludes halogenated alkanes) is 1. The van der Waals surface area contributed by atoms with Crippen molar-refractivity contribution in [1.29, 1.82) is 0 Å². The predicted molar refractivity (Wildman–Crippen MR) is 169 cm³/mol. The second-order valence-electron chi connectivity index (χ2n) is 9.90. The number of carbonyl (C=O) groups excluding carboxylic acids is 1. The fraction of sp³-hybridized carbons (Fsp3) is 0.143. The zero-order chi connectivity index (χ0) is 27.3. The molecule has 0 aliphatic heterocycles. The highest BCUT2D eigenvalue weighted by atomic mass is 79.9. The van der Waals surface area contributed by atoms with Crippen LogP contribution in [0.5, 0.6) is 0 Å². The monoisotopic (exact) mass is 575 g/mol. The van der Waals surface area contributed by atoms with Crippen LogP contribution in [0, 0.1) is 0 Å². The van der Waals surface area contributed by atoms with E-state index < -0.39 is 6.15 Å². The third kappa shape index (κ3) is 7.43. The van der Waals surface area contributed by atoms with Gasteiger partial charge in [0.2, 0.25) is 12.3 Å². The number of ketones is 1. The Balaban J connectivity index is 0.000000193. The van der Waals surface area contributed by atoms with Gasteiger partial charge in [0.25, 0.3) is 0 Å². The number of Topliss-reactive ketones (excluding diaryl/α,β-unsaturated/α-hetero) is 1. The topological polar surface area (TPSA) is 20.9 Å². The molecular formula is C35H35BBrNO. The van der Waals surface area contributed by atoms with Gasteiger partial charge >= 0.3 is 0 Å². The average molecular weight is 576 g/mol. The van der Waals surface area contributed by atoms with Crippen LogP contribution >= 0.6 is 15.9 Å². The van der Waals surface area contributed by atoms with E-state index in [9.17, 15) is 4.79 Å². The molecule has 1 aromatic heterocycles. The van der Waals surface area contributed by atoms with Crippen LogP contribution in [0.1, 0.15) is 30.1 Å². The molecule has 4 heteroatoms. The van der Waals surface area contributed by atoms with E-state index in [-0.39, 0.29) is 5.78 Å². The van der Waals surface area contributed by atoms with Gasteiger partial charge in [-0.15, -0.1) is 0 Å². The maximum Gasteiger partial charge on any atom is 0.227 e. The van der Waals surface area contributed by atoms with Crippen LogP contribution in [0.15, 0.2) is 150 Å². The minimum atomic E-state index is -0.913. The highest BCUT2D eigenvalue weighted by molar-refractivity contribution is 9.10. The Morgan fingerprint density at radius 2 is 1.08 bits per heavy atom. The fourth-order valence-electron chi connectivity index (χ4n) is 5.36. The van der Waals surface area contributed by atoms with Crippen LogP contribution in [-0.2, 0) is 6.54 Å². The van der Waals surface area contributed by atoms with Gasteiger partial charge < -0.3 is 0 Å². The second kappa shape index (κ2) is 14.4. The van der Waals surface area contributed by atoms with E-state index in [1.165, 1.54) is 35.6 Å². The summed E-state index contributed by atoms with van der Waals surface area (Å²) in [5.41, 5.74) is 5.06. The summed E-state index contributed by atoms with van der Waals surface area (Å²) in [7, 11) is 0. The molecular weight excluding hydrogens is 541 g/mol. The van der Waals surface area contributed by atoms with E-state index in [0.717, 1.165) is 10.0 Å². The first kappa shape index (κ1) is 28.3. The van der Waals surface area contributed by atoms with Crippen molar-refractivity contribution in [2.75, 3.05) is 0 Å². The number of hydrogen-bond acceptors (Lipinski definition) is 1. The molecule has 0 N–H and O–H groups in total. The number of rotatable bonds is 9. The van der Waals surface area contributed by atoms with Crippen molar-refractivity contribution < 1.29 is 9.36 Å². The Bertz CT molecular complexity index is 1310. The Kier molecular flexibility index (Phi) is 10.4. The number of halogens is 1. The van der Waals surface area contributed by atoms with Crippen LogP contribution in [0.3, 0.4) is 0 Å². The molecule has 0 bridgehead atoms. The van der Waals surface area contributed by atoms with Crippen molar-refractivity contribution in [3.05, 3.63) is 156 Å². The first-order valence-electron chi connectivity index (χ1n) is 13.7. The zero-order valence-corrected chi connectivity index (χ0v) is 24.1. The number of nitrogens with zero attached hydrogens (tertiary/aromatic N) is 1. The normalized spacial score (nSPS) is 10.8. The lowest BCUT2D eigenvalue weighted by Gasteiger charge is -2.43.